The van der Waals surface area contributed by atoms with E-state index < -0.39 is 11.4 Å². The van der Waals surface area contributed by atoms with Crippen LogP contribution < -0.4 is 0 Å². The Morgan fingerprint density at radius 3 is 2.53 bits per heavy atom. The molecule has 0 aliphatic carbocycles. The van der Waals surface area contributed by atoms with E-state index in [1.807, 2.05) is 0 Å². The zero-order chi connectivity index (χ0) is 14.0. The van der Waals surface area contributed by atoms with E-state index in [1.54, 1.807) is 37.3 Å². The van der Waals surface area contributed by atoms with Crippen molar-refractivity contribution in [3.8, 4) is 0 Å². The van der Waals surface area contributed by atoms with Crippen LogP contribution in [0, 0.1) is 5.82 Å². The summed E-state index contributed by atoms with van der Waals surface area (Å²) in [6.45, 7) is 1.67. The molecule has 0 aromatic heterocycles. The lowest BCUT2D eigenvalue weighted by Gasteiger charge is -2.24. The van der Waals surface area contributed by atoms with Gasteiger partial charge in [-0.1, -0.05) is 41.4 Å². The number of rotatable bonds is 3. The van der Waals surface area contributed by atoms with E-state index in [1.165, 1.54) is 12.1 Å². The molecule has 19 heavy (non-hydrogen) atoms. The van der Waals surface area contributed by atoms with Crippen LogP contribution in [0.25, 0.3) is 0 Å². The predicted octanol–water partition coefficient (Wildman–Crippen LogP) is 4.58. The Morgan fingerprint density at radius 1 is 1.16 bits per heavy atom. The summed E-state index contributed by atoms with van der Waals surface area (Å²) < 4.78 is 13.4. The second kappa shape index (κ2) is 5.49. The summed E-state index contributed by atoms with van der Waals surface area (Å²) in [6, 6.07) is 11.5. The van der Waals surface area contributed by atoms with E-state index in [0.717, 1.165) is 0 Å². The van der Waals surface area contributed by atoms with Gasteiger partial charge in [-0.05, 0) is 42.3 Å². The van der Waals surface area contributed by atoms with Gasteiger partial charge in [0.1, 0.15) is 5.82 Å². The van der Waals surface area contributed by atoms with Gasteiger partial charge in [0, 0.05) is 11.4 Å². The molecule has 100 valence electrons. The van der Waals surface area contributed by atoms with Gasteiger partial charge in [-0.25, -0.2) is 4.39 Å². The fraction of sp³-hybridized carbons (Fsp3) is 0.200. The molecular weight excluding hydrogens is 286 g/mol. The molecule has 0 heterocycles. The summed E-state index contributed by atoms with van der Waals surface area (Å²) in [7, 11) is 0. The predicted molar refractivity (Wildman–Crippen MR) is 76.1 cm³/mol. The molecule has 1 atom stereocenters. The highest BCUT2D eigenvalue weighted by molar-refractivity contribution is 6.31. The van der Waals surface area contributed by atoms with Crippen molar-refractivity contribution >= 4 is 23.2 Å². The molecule has 4 heteroatoms. The molecular formula is C15H13Cl2FO. The van der Waals surface area contributed by atoms with Gasteiger partial charge in [0.25, 0.3) is 0 Å². The van der Waals surface area contributed by atoms with Crippen molar-refractivity contribution in [2.75, 3.05) is 0 Å². The first kappa shape index (κ1) is 14.3. The Morgan fingerprint density at radius 2 is 1.89 bits per heavy atom. The van der Waals surface area contributed by atoms with E-state index in [0.29, 0.717) is 16.1 Å². The fourth-order valence-electron chi connectivity index (χ4n) is 1.97. The van der Waals surface area contributed by atoms with Crippen molar-refractivity contribution in [2.45, 2.75) is 18.9 Å². The van der Waals surface area contributed by atoms with Crippen LogP contribution in [0.5, 0.6) is 0 Å². The van der Waals surface area contributed by atoms with Crippen LogP contribution in [0.2, 0.25) is 10.0 Å². The second-order valence-electron chi connectivity index (χ2n) is 4.71. The van der Waals surface area contributed by atoms with Crippen LogP contribution in [0.4, 0.5) is 4.39 Å². The first-order valence-corrected chi connectivity index (χ1v) is 6.56. The maximum Gasteiger partial charge on any atom is 0.142 e. The molecule has 0 fully saturated rings. The Bertz CT molecular complexity index is 596. The highest BCUT2D eigenvalue weighted by Crippen LogP contribution is 2.28. The molecule has 2 aromatic carbocycles. The summed E-state index contributed by atoms with van der Waals surface area (Å²) in [4.78, 5) is 0. The average molecular weight is 299 g/mol. The zero-order valence-corrected chi connectivity index (χ0v) is 11.8. The molecule has 2 rings (SSSR count). The average Bonchev–Trinajstić information content (AvgIpc) is 2.33. The maximum atomic E-state index is 13.4. The van der Waals surface area contributed by atoms with E-state index in [9.17, 15) is 9.50 Å². The number of halogens is 3. The van der Waals surface area contributed by atoms with E-state index in [4.69, 9.17) is 23.2 Å². The standard InChI is InChI=1S/C15H13Cl2FO/c1-15(19,11-3-2-4-12(16)8-11)9-10-5-6-13(17)14(18)7-10/h2-8,19H,9H2,1H3. The SMILES string of the molecule is CC(O)(Cc1ccc(Cl)c(F)c1)c1cccc(Cl)c1. The normalized spacial score (nSPS) is 14.2. The first-order chi connectivity index (χ1) is 8.88. The third-order valence-electron chi connectivity index (χ3n) is 2.98. The van der Waals surface area contributed by atoms with Crippen molar-refractivity contribution < 1.29 is 9.50 Å². The van der Waals surface area contributed by atoms with Gasteiger partial charge in [0.05, 0.1) is 10.6 Å². The molecule has 0 radical (unpaired) electrons. The minimum atomic E-state index is -1.12. The van der Waals surface area contributed by atoms with Crippen molar-refractivity contribution in [1.82, 2.24) is 0 Å². The van der Waals surface area contributed by atoms with Gasteiger partial charge in [-0.15, -0.1) is 0 Å². The van der Waals surface area contributed by atoms with Crippen LogP contribution in [0.1, 0.15) is 18.1 Å². The molecule has 0 aliphatic rings. The Kier molecular flexibility index (Phi) is 4.14. The van der Waals surface area contributed by atoms with Gasteiger partial charge in [0.2, 0.25) is 0 Å². The van der Waals surface area contributed by atoms with Gasteiger partial charge in [-0.2, -0.15) is 0 Å². The summed E-state index contributed by atoms with van der Waals surface area (Å²) in [5.41, 5.74) is 0.243. The quantitative estimate of drug-likeness (QED) is 0.879. The Labute approximate surface area is 121 Å². The summed E-state index contributed by atoms with van der Waals surface area (Å²) in [5.74, 6) is -0.485. The second-order valence-corrected chi connectivity index (χ2v) is 5.55. The first-order valence-electron chi connectivity index (χ1n) is 5.81. The molecule has 1 unspecified atom stereocenters. The largest absolute Gasteiger partial charge is 0.385 e. The van der Waals surface area contributed by atoms with Gasteiger partial charge in [0.15, 0.2) is 0 Å². The summed E-state index contributed by atoms with van der Waals surface area (Å²) in [5, 5.41) is 11.1. The molecule has 0 spiro atoms. The van der Waals surface area contributed by atoms with Gasteiger partial charge in [-0.3, -0.25) is 0 Å². The number of hydrogen-bond acceptors (Lipinski definition) is 1. The minimum Gasteiger partial charge on any atom is -0.385 e. The van der Waals surface area contributed by atoms with E-state index in [-0.39, 0.29) is 11.4 Å². The van der Waals surface area contributed by atoms with Crippen LogP contribution in [0.3, 0.4) is 0 Å². The van der Waals surface area contributed by atoms with Crippen molar-refractivity contribution in [2.24, 2.45) is 0 Å². The van der Waals surface area contributed by atoms with E-state index >= 15 is 0 Å². The fourth-order valence-corrected chi connectivity index (χ4v) is 2.28. The monoisotopic (exact) mass is 298 g/mol. The highest BCUT2D eigenvalue weighted by atomic mass is 35.5. The molecule has 0 aliphatic heterocycles. The number of aliphatic hydroxyl groups is 1. The third-order valence-corrected chi connectivity index (χ3v) is 3.52. The molecule has 1 N–H and O–H groups in total. The van der Waals surface area contributed by atoms with Crippen molar-refractivity contribution in [3.63, 3.8) is 0 Å². The molecule has 0 saturated carbocycles. The van der Waals surface area contributed by atoms with Crippen LogP contribution in [0.15, 0.2) is 42.5 Å². The Hall–Kier alpha value is -1.09. The van der Waals surface area contributed by atoms with Crippen LogP contribution in [-0.4, -0.2) is 5.11 Å². The third kappa shape index (κ3) is 3.47. The summed E-state index contributed by atoms with van der Waals surface area (Å²) >= 11 is 11.5. The van der Waals surface area contributed by atoms with Crippen LogP contribution in [-0.2, 0) is 12.0 Å². The number of hydrogen-bond donors (Lipinski definition) is 1. The lowest BCUT2D eigenvalue weighted by Crippen LogP contribution is -2.24. The lowest BCUT2D eigenvalue weighted by atomic mass is 9.89. The maximum absolute atomic E-state index is 13.4. The smallest absolute Gasteiger partial charge is 0.142 e. The zero-order valence-electron chi connectivity index (χ0n) is 10.3. The van der Waals surface area contributed by atoms with Gasteiger partial charge < -0.3 is 5.11 Å². The number of benzene rings is 2. The van der Waals surface area contributed by atoms with Crippen molar-refractivity contribution in [1.29, 1.82) is 0 Å². The lowest BCUT2D eigenvalue weighted by molar-refractivity contribution is 0.0576. The highest BCUT2D eigenvalue weighted by Gasteiger charge is 2.24. The van der Waals surface area contributed by atoms with Crippen LogP contribution >= 0.6 is 23.2 Å². The molecule has 0 amide bonds. The minimum absolute atomic E-state index is 0.0751. The molecule has 0 bridgehead atoms. The Balaban J connectivity index is 2.27. The van der Waals surface area contributed by atoms with Crippen molar-refractivity contribution in [3.05, 3.63) is 69.5 Å². The summed E-state index contributed by atoms with van der Waals surface area (Å²) in [6.07, 6.45) is 0.279. The molecule has 0 saturated heterocycles. The van der Waals surface area contributed by atoms with Gasteiger partial charge >= 0.3 is 0 Å². The molecule has 1 nitrogen and oxygen atoms in total. The topological polar surface area (TPSA) is 20.2 Å². The van der Waals surface area contributed by atoms with E-state index in [2.05, 4.69) is 0 Å². The molecule has 2 aromatic rings.